The lowest BCUT2D eigenvalue weighted by Crippen LogP contribution is -2.16. The monoisotopic (exact) mass is 281 g/mol. The topological polar surface area (TPSA) is 61.6 Å². The van der Waals surface area contributed by atoms with Crippen LogP contribution in [0.5, 0.6) is 11.5 Å². The van der Waals surface area contributed by atoms with Gasteiger partial charge in [0.15, 0.2) is 11.5 Å². The molecule has 0 saturated heterocycles. The summed E-state index contributed by atoms with van der Waals surface area (Å²) in [6.45, 7) is 0.139. The molecule has 2 aromatic carbocycles. The molecule has 4 rings (SSSR count). The zero-order valence-corrected chi connectivity index (χ0v) is 11.5. The van der Waals surface area contributed by atoms with Crippen molar-refractivity contribution in [2.75, 3.05) is 6.79 Å². The van der Waals surface area contributed by atoms with Crippen LogP contribution in [-0.2, 0) is 6.42 Å². The molecule has 1 atom stereocenters. The Labute approximate surface area is 122 Å². The molecule has 4 heteroatoms. The molecule has 1 unspecified atom stereocenters. The Morgan fingerprint density at radius 1 is 1.10 bits per heavy atom. The number of benzene rings is 2. The third kappa shape index (κ3) is 1.79. The van der Waals surface area contributed by atoms with Gasteiger partial charge in [-0.1, -0.05) is 30.3 Å². The van der Waals surface area contributed by atoms with Crippen LogP contribution in [0, 0.1) is 0 Å². The predicted octanol–water partition coefficient (Wildman–Crippen LogP) is 2.59. The number of aryl methyl sites for hydroxylation is 1. The van der Waals surface area contributed by atoms with Crippen LogP contribution in [0.1, 0.15) is 39.4 Å². The van der Waals surface area contributed by atoms with Crippen molar-refractivity contribution in [1.29, 1.82) is 0 Å². The molecule has 1 amide bonds. The SMILES string of the molecule is NC(=O)c1c(C2CCc3ccccc32)ccc2c1OCO2. The Kier molecular flexibility index (Phi) is 2.64. The molecule has 1 heterocycles. The summed E-state index contributed by atoms with van der Waals surface area (Å²) in [5.41, 5.74) is 9.63. The Balaban J connectivity index is 1.89. The van der Waals surface area contributed by atoms with E-state index in [4.69, 9.17) is 15.2 Å². The number of nitrogens with two attached hydrogens (primary N) is 1. The molecule has 2 aliphatic rings. The van der Waals surface area contributed by atoms with Crippen molar-refractivity contribution in [2.24, 2.45) is 5.73 Å². The van der Waals surface area contributed by atoms with Crippen LogP contribution in [0.4, 0.5) is 0 Å². The first-order valence-corrected chi connectivity index (χ1v) is 7.06. The van der Waals surface area contributed by atoms with Gasteiger partial charge in [-0.15, -0.1) is 0 Å². The highest BCUT2D eigenvalue weighted by Crippen LogP contribution is 2.45. The van der Waals surface area contributed by atoms with Gasteiger partial charge >= 0.3 is 0 Å². The number of primary amides is 1. The first-order valence-electron chi connectivity index (χ1n) is 7.06. The number of hydrogen-bond acceptors (Lipinski definition) is 3. The van der Waals surface area contributed by atoms with Crippen LogP contribution in [0.25, 0.3) is 0 Å². The molecule has 2 N–H and O–H groups in total. The average molecular weight is 281 g/mol. The van der Waals surface area contributed by atoms with Gasteiger partial charge in [0.05, 0.1) is 5.56 Å². The number of amides is 1. The molecule has 106 valence electrons. The van der Waals surface area contributed by atoms with Gasteiger partial charge in [-0.05, 0) is 35.6 Å². The van der Waals surface area contributed by atoms with E-state index in [0.717, 1.165) is 18.4 Å². The Morgan fingerprint density at radius 3 is 2.81 bits per heavy atom. The largest absolute Gasteiger partial charge is 0.454 e. The van der Waals surface area contributed by atoms with E-state index in [0.29, 0.717) is 17.1 Å². The molecule has 1 aliphatic carbocycles. The first kappa shape index (κ1) is 12.3. The molecule has 0 aromatic heterocycles. The maximum atomic E-state index is 11.9. The zero-order valence-electron chi connectivity index (χ0n) is 11.5. The Bertz CT molecular complexity index is 739. The van der Waals surface area contributed by atoms with Crippen LogP contribution >= 0.6 is 0 Å². The van der Waals surface area contributed by atoms with Crippen LogP contribution in [0.2, 0.25) is 0 Å². The summed E-state index contributed by atoms with van der Waals surface area (Å²) in [4.78, 5) is 11.9. The summed E-state index contributed by atoms with van der Waals surface area (Å²) >= 11 is 0. The Hall–Kier alpha value is -2.49. The highest BCUT2D eigenvalue weighted by molar-refractivity contribution is 5.98. The summed E-state index contributed by atoms with van der Waals surface area (Å²) in [5, 5.41) is 0. The smallest absolute Gasteiger partial charge is 0.252 e. The standard InChI is InChI=1S/C17H15NO3/c18-17(19)15-13(7-8-14-16(15)21-9-20-14)12-6-5-10-3-1-2-4-11(10)12/h1-4,7-8,12H,5-6,9H2,(H2,18,19). The summed E-state index contributed by atoms with van der Waals surface area (Å²) in [7, 11) is 0. The van der Waals surface area contributed by atoms with Crippen molar-refractivity contribution in [3.05, 3.63) is 58.7 Å². The van der Waals surface area contributed by atoms with Crippen molar-refractivity contribution in [1.82, 2.24) is 0 Å². The number of hydrogen-bond donors (Lipinski definition) is 1. The minimum absolute atomic E-state index is 0.139. The maximum Gasteiger partial charge on any atom is 0.252 e. The van der Waals surface area contributed by atoms with E-state index in [1.54, 1.807) is 0 Å². The lowest BCUT2D eigenvalue weighted by atomic mass is 9.88. The molecule has 4 nitrogen and oxygen atoms in total. The normalized spacial score (nSPS) is 18.6. The lowest BCUT2D eigenvalue weighted by molar-refractivity contribution is 0.0994. The molecule has 1 aliphatic heterocycles. The average Bonchev–Trinajstić information content (AvgIpc) is 3.12. The van der Waals surface area contributed by atoms with Crippen molar-refractivity contribution in [2.45, 2.75) is 18.8 Å². The van der Waals surface area contributed by atoms with E-state index >= 15 is 0 Å². The van der Waals surface area contributed by atoms with Gasteiger partial charge in [0, 0.05) is 5.92 Å². The fourth-order valence-electron chi connectivity index (χ4n) is 3.41. The second-order valence-electron chi connectivity index (χ2n) is 5.42. The summed E-state index contributed by atoms with van der Waals surface area (Å²) in [6.07, 6.45) is 2.01. The van der Waals surface area contributed by atoms with E-state index in [2.05, 4.69) is 18.2 Å². The van der Waals surface area contributed by atoms with E-state index in [-0.39, 0.29) is 12.7 Å². The number of ether oxygens (including phenoxy) is 2. The van der Waals surface area contributed by atoms with Crippen molar-refractivity contribution in [3.63, 3.8) is 0 Å². The van der Waals surface area contributed by atoms with Gasteiger partial charge in [-0.25, -0.2) is 0 Å². The van der Waals surface area contributed by atoms with Gasteiger partial charge in [-0.2, -0.15) is 0 Å². The van der Waals surface area contributed by atoms with Crippen LogP contribution in [0.15, 0.2) is 36.4 Å². The second-order valence-corrected chi connectivity index (χ2v) is 5.42. The second kappa shape index (κ2) is 4.52. The van der Waals surface area contributed by atoms with Gasteiger partial charge in [0.25, 0.3) is 5.91 Å². The zero-order chi connectivity index (χ0) is 14.4. The van der Waals surface area contributed by atoms with Crippen LogP contribution < -0.4 is 15.2 Å². The molecular formula is C17H15NO3. The molecule has 0 fully saturated rings. The van der Waals surface area contributed by atoms with Crippen LogP contribution in [0.3, 0.4) is 0 Å². The van der Waals surface area contributed by atoms with Gasteiger partial charge in [0.2, 0.25) is 6.79 Å². The predicted molar refractivity (Wildman–Crippen MR) is 77.7 cm³/mol. The lowest BCUT2D eigenvalue weighted by Gasteiger charge is -2.16. The van der Waals surface area contributed by atoms with E-state index in [1.807, 2.05) is 18.2 Å². The molecule has 0 radical (unpaired) electrons. The number of rotatable bonds is 2. The van der Waals surface area contributed by atoms with E-state index < -0.39 is 5.91 Å². The third-order valence-electron chi connectivity index (χ3n) is 4.33. The molecule has 0 spiro atoms. The number of carbonyl (C=O) groups excluding carboxylic acids is 1. The number of carbonyl (C=O) groups is 1. The van der Waals surface area contributed by atoms with Crippen molar-refractivity contribution in [3.8, 4) is 11.5 Å². The fraction of sp³-hybridized carbons (Fsp3) is 0.235. The van der Waals surface area contributed by atoms with Crippen molar-refractivity contribution < 1.29 is 14.3 Å². The van der Waals surface area contributed by atoms with Gasteiger partial charge < -0.3 is 15.2 Å². The molecular weight excluding hydrogens is 266 g/mol. The summed E-state index contributed by atoms with van der Waals surface area (Å²) < 4.78 is 10.8. The molecule has 2 aromatic rings. The van der Waals surface area contributed by atoms with Gasteiger partial charge in [-0.3, -0.25) is 4.79 Å². The molecule has 21 heavy (non-hydrogen) atoms. The minimum atomic E-state index is -0.461. The van der Waals surface area contributed by atoms with Crippen LogP contribution in [-0.4, -0.2) is 12.7 Å². The third-order valence-corrected chi connectivity index (χ3v) is 4.33. The molecule has 0 bridgehead atoms. The quantitative estimate of drug-likeness (QED) is 0.920. The first-order chi connectivity index (χ1) is 10.3. The molecule has 0 saturated carbocycles. The fourth-order valence-corrected chi connectivity index (χ4v) is 3.41. The van der Waals surface area contributed by atoms with Crippen molar-refractivity contribution >= 4 is 5.91 Å². The van der Waals surface area contributed by atoms with E-state index in [1.165, 1.54) is 11.1 Å². The summed E-state index contributed by atoms with van der Waals surface area (Å²) in [5.74, 6) is 0.818. The highest BCUT2D eigenvalue weighted by atomic mass is 16.7. The maximum absolute atomic E-state index is 11.9. The van der Waals surface area contributed by atoms with Gasteiger partial charge in [0.1, 0.15) is 0 Å². The Morgan fingerprint density at radius 2 is 1.95 bits per heavy atom. The number of fused-ring (bicyclic) bond motifs is 2. The minimum Gasteiger partial charge on any atom is -0.454 e. The summed E-state index contributed by atoms with van der Waals surface area (Å²) in [6, 6.07) is 12.2. The highest BCUT2D eigenvalue weighted by Gasteiger charge is 2.31. The van der Waals surface area contributed by atoms with E-state index in [9.17, 15) is 4.79 Å².